The molecule has 0 saturated heterocycles. The number of rotatable bonds is 7. The number of nitrogens with zero attached hydrogens (tertiary/aromatic N) is 1. The number of pyridine rings is 1. The van der Waals surface area contributed by atoms with Gasteiger partial charge >= 0.3 is 0 Å². The molecule has 2 N–H and O–H groups in total. The van der Waals surface area contributed by atoms with Crippen LogP contribution in [0.4, 0.5) is 17.1 Å². The molecule has 29 heavy (non-hydrogen) atoms. The molecule has 148 valence electrons. The summed E-state index contributed by atoms with van der Waals surface area (Å²) in [5, 5.41) is 5.99. The fraction of sp³-hybridized carbons (Fsp3) is 0.136. The van der Waals surface area contributed by atoms with E-state index in [1.165, 1.54) is 13.1 Å². The van der Waals surface area contributed by atoms with Gasteiger partial charge in [0.15, 0.2) is 5.78 Å². The Hall–Kier alpha value is -3.87. The molecular weight excluding hydrogens is 370 g/mol. The van der Waals surface area contributed by atoms with E-state index in [0.717, 1.165) is 0 Å². The third-order valence-corrected chi connectivity index (χ3v) is 4.24. The highest BCUT2D eigenvalue weighted by molar-refractivity contribution is 6.05. The molecule has 0 spiro atoms. The van der Waals surface area contributed by atoms with Gasteiger partial charge in [-0.3, -0.25) is 14.6 Å². The smallest absolute Gasteiger partial charge is 0.257 e. The largest absolute Gasteiger partial charge is 0.497 e. The number of hydrogen-bond donors (Lipinski definition) is 2. The summed E-state index contributed by atoms with van der Waals surface area (Å²) in [6, 6.07) is 13.8. The molecule has 3 aromatic rings. The lowest BCUT2D eigenvalue weighted by Crippen LogP contribution is -2.12. The summed E-state index contributed by atoms with van der Waals surface area (Å²) >= 11 is 0. The van der Waals surface area contributed by atoms with E-state index >= 15 is 0 Å². The fourth-order valence-electron chi connectivity index (χ4n) is 2.69. The van der Waals surface area contributed by atoms with Crippen LogP contribution in [0.1, 0.15) is 27.6 Å². The zero-order valence-corrected chi connectivity index (χ0v) is 16.4. The maximum absolute atomic E-state index is 12.6. The number of ketones is 1. The summed E-state index contributed by atoms with van der Waals surface area (Å²) in [4.78, 5) is 28.1. The molecule has 7 heteroatoms. The van der Waals surface area contributed by atoms with E-state index in [1.54, 1.807) is 68.9 Å². The third kappa shape index (κ3) is 4.90. The van der Waals surface area contributed by atoms with Crippen LogP contribution in [-0.2, 0) is 0 Å². The second kappa shape index (κ2) is 8.88. The van der Waals surface area contributed by atoms with Crippen LogP contribution in [0.15, 0.2) is 60.9 Å². The predicted molar refractivity (Wildman–Crippen MR) is 111 cm³/mol. The van der Waals surface area contributed by atoms with Crippen molar-refractivity contribution in [2.75, 3.05) is 24.9 Å². The molecule has 1 heterocycles. The van der Waals surface area contributed by atoms with Crippen LogP contribution in [0.5, 0.6) is 11.5 Å². The Morgan fingerprint density at radius 3 is 2.28 bits per heavy atom. The molecule has 0 saturated carbocycles. The van der Waals surface area contributed by atoms with Crippen molar-refractivity contribution in [1.29, 1.82) is 0 Å². The third-order valence-electron chi connectivity index (χ3n) is 4.24. The number of aromatic nitrogens is 1. The molecule has 1 amide bonds. The average Bonchev–Trinajstić information content (AvgIpc) is 2.74. The summed E-state index contributed by atoms with van der Waals surface area (Å²) in [5.41, 5.74) is 2.87. The lowest BCUT2D eigenvalue weighted by molar-refractivity contribution is 0.101. The zero-order chi connectivity index (χ0) is 20.8. The van der Waals surface area contributed by atoms with Gasteiger partial charge in [0.1, 0.15) is 11.5 Å². The van der Waals surface area contributed by atoms with Gasteiger partial charge in [-0.15, -0.1) is 0 Å². The van der Waals surface area contributed by atoms with Crippen molar-refractivity contribution >= 4 is 28.8 Å². The molecule has 0 radical (unpaired) electrons. The van der Waals surface area contributed by atoms with Crippen molar-refractivity contribution < 1.29 is 19.1 Å². The number of carbonyl (C=O) groups is 2. The first kappa shape index (κ1) is 19.9. The summed E-state index contributed by atoms with van der Waals surface area (Å²) in [6.45, 7) is 1.50. The maximum Gasteiger partial charge on any atom is 0.257 e. The standard InChI is InChI=1S/C22H21N3O4/c1-14(26)15-4-6-17(7-5-15)25-22(27)16-10-18(13-23-12-16)24-20-11-19(28-2)8-9-21(20)29-3/h4-13,24H,1-3H3,(H,25,27). The molecule has 0 aliphatic rings. The number of benzene rings is 2. The van der Waals surface area contributed by atoms with Crippen LogP contribution in [0.3, 0.4) is 0 Å². The molecule has 0 atom stereocenters. The maximum atomic E-state index is 12.6. The highest BCUT2D eigenvalue weighted by Crippen LogP contribution is 2.31. The van der Waals surface area contributed by atoms with Crippen LogP contribution in [0.2, 0.25) is 0 Å². The van der Waals surface area contributed by atoms with E-state index in [4.69, 9.17) is 9.47 Å². The SMILES string of the molecule is COc1ccc(OC)c(Nc2cncc(C(=O)Nc3ccc(C(C)=O)cc3)c2)c1. The van der Waals surface area contributed by atoms with Crippen LogP contribution >= 0.6 is 0 Å². The second-order valence-electron chi connectivity index (χ2n) is 6.24. The number of carbonyl (C=O) groups excluding carboxylic acids is 2. The molecule has 0 fully saturated rings. The fourth-order valence-corrected chi connectivity index (χ4v) is 2.69. The Balaban J connectivity index is 1.77. The molecule has 0 aliphatic carbocycles. The number of amides is 1. The minimum Gasteiger partial charge on any atom is -0.497 e. The van der Waals surface area contributed by atoms with E-state index in [9.17, 15) is 9.59 Å². The Labute approximate surface area is 168 Å². The van der Waals surface area contributed by atoms with E-state index in [2.05, 4.69) is 15.6 Å². The summed E-state index contributed by atoms with van der Waals surface area (Å²) < 4.78 is 10.6. The molecule has 0 aliphatic heterocycles. The van der Waals surface area contributed by atoms with Gasteiger partial charge in [-0.2, -0.15) is 0 Å². The Kier molecular flexibility index (Phi) is 6.09. The Morgan fingerprint density at radius 2 is 1.62 bits per heavy atom. The van der Waals surface area contributed by atoms with E-state index in [-0.39, 0.29) is 11.7 Å². The first-order valence-electron chi connectivity index (χ1n) is 8.86. The Morgan fingerprint density at radius 1 is 0.862 bits per heavy atom. The second-order valence-corrected chi connectivity index (χ2v) is 6.24. The van der Waals surface area contributed by atoms with Crippen LogP contribution in [0, 0.1) is 0 Å². The molecule has 2 aromatic carbocycles. The van der Waals surface area contributed by atoms with Crippen molar-refractivity contribution in [1.82, 2.24) is 4.98 Å². The van der Waals surface area contributed by atoms with Crippen molar-refractivity contribution in [3.05, 3.63) is 72.1 Å². The first-order valence-corrected chi connectivity index (χ1v) is 8.86. The van der Waals surface area contributed by atoms with Gasteiger partial charge in [-0.05, 0) is 49.4 Å². The van der Waals surface area contributed by atoms with Crippen LogP contribution in [-0.4, -0.2) is 30.9 Å². The molecule has 0 unspecified atom stereocenters. The number of ether oxygens (including phenoxy) is 2. The quantitative estimate of drug-likeness (QED) is 0.584. The summed E-state index contributed by atoms with van der Waals surface area (Å²) in [6.07, 6.45) is 3.09. The number of Topliss-reactive ketones (excluding diaryl/α,β-unsaturated/α-hetero) is 1. The van der Waals surface area contributed by atoms with Gasteiger partial charge < -0.3 is 20.1 Å². The topological polar surface area (TPSA) is 89.6 Å². The van der Waals surface area contributed by atoms with Crippen molar-refractivity contribution in [3.63, 3.8) is 0 Å². The van der Waals surface area contributed by atoms with E-state index in [1.807, 2.05) is 0 Å². The summed E-state index contributed by atoms with van der Waals surface area (Å²) in [7, 11) is 3.16. The monoisotopic (exact) mass is 391 g/mol. The van der Waals surface area contributed by atoms with Gasteiger partial charge in [-0.1, -0.05) is 0 Å². The molecule has 1 aromatic heterocycles. The molecular formula is C22H21N3O4. The Bertz CT molecular complexity index is 1030. The van der Waals surface area contributed by atoms with Gasteiger partial charge in [0.2, 0.25) is 0 Å². The summed E-state index contributed by atoms with van der Waals surface area (Å²) in [5.74, 6) is 0.962. The molecule has 0 bridgehead atoms. The van der Waals surface area contributed by atoms with Crippen LogP contribution < -0.4 is 20.1 Å². The number of methoxy groups -OCH3 is 2. The zero-order valence-electron chi connectivity index (χ0n) is 16.4. The number of hydrogen-bond acceptors (Lipinski definition) is 6. The van der Waals surface area contributed by atoms with Gasteiger partial charge in [-0.25, -0.2) is 0 Å². The van der Waals surface area contributed by atoms with E-state index < -0.39 is 0 Å². The van der Waals surface area contributed by atoms with Crippen LogP contribution in [0.25, 0.3) is 0 Å². The number of anilines is 3. The predicted octanol–water partition coefficient (Wildman–Crippen LogP) is 4.30. The van der Waals surface area contributed by atoms with E-state index in [0.29, 0.717) is 39.7 Å². The minimum atomic E-state index is -0.311. The highest BCUT2D eigenvalue weighted by Gasteiger charge is 2.10. The average molecular weight is 391 g/mol. The minimum absolute atomic E-state index is 0.0289. The van der Waals surface area contributed by atoms with Crippen molar-refractivity contribution in [2.45, 2.75) is 6.92 Å². The molecule has 3 rings (SSSR count). The van der Waals surface area contributed by atoms with Gasteiger partial charge in [0.05, 0.1) is 37.4 Å². The van der Waals surface area contributed by atoms with Crippen molar-refractivity contribution in [2.24, 2.45) is 0 Å². The van der Waals surface area contributed by atoms with Gasteiger partial charge in [0, 0.05) is 23.5 Å². The lowest BCUT2D eigenvalue weighted by Gasteiger charge is -2.13. The lowest BCUT2D eigenvalue weighted by atomic mass is 10.1. The normalized spacial score (nSPS) is 10.2. The highest BCUT2D eigenvalue weighted by atomic mass is 16.5. The van der Waals surface area contributed by atoms with Gasteiger partial charge in [0.25, 0.3) is 5.91 Å². The first-order chi connectivity index (χ1) is 14.0. The number of nitrogens with one attached hydrogen (secondary N) is 2. The molecule has 7 nitrogen and oxygen atoms in total. The van der Waals surface area contributed by atoms with Crippen molar-refractivity contribution in [3.8, 4) is 11.5 Å².